The van der Waals surface area contributed by atoms with Crippen molar-refractivity contribution in [1.29, 1.82) is 0 Å². The quantitative estimate of drug-likeness (QED) is 0.547. The Kier molecular flexibility index (Phi) is 5.06. The fourth-order valence-electron chi connectivity index (χ4n) is 1.30. The van der Waals surface area contributed by atoms with Crippen LogP contribution < -0.4 is 20.9 Å². The molecule has 2 atom stereocenters. The first-order valence-corrected chi connectivity index (χ1v) is 5.71. The largest absolute Gasteiger partial charge is 0.489 e. The van der Waals surface area contributed by atoms with Crippen LogP contribution in [0.2, 0.25) is 0 Å². The lowest BCUT2D eigenvalue weighted by Gasteiger charge is -2.16. The van der Waals surface area contributed by atoms with E-state index in [1.165, 1.54) is 0 Å². The van der Waals surface area contributed by atoms with Crippen molar-refractivity contribution in [2.24, 2.45) is 0 Å². The van der Waals surface area contributed by atoms with Gasteiger partial charge in [-0.3, -0.25) is 0 Å². The number of hydrogen-bond acceptors (Lipinski definition) is 6. The molecule has 6 nitrogen and oxygen atoms in total. The predicted octanol–water partition coefficient (Wildman–Crippen LogP) is 0.370. The Morgan fingerprint density at radius 1 is 1.06 bits per heavy atom. The van der Waals surface area contributed by atoms with E-state index in [0.29, 0.717) is 17.2 Å². The zero-order chi connectivity index (χ0) is 13.7. The third-order valence-corrected chi connectivity index (χ3v) is 2.14. The number of aliphatic hydroxyl groups excluding tert-OH is 2. The van der Waals surface area contributed by atoms with Crippen LogP contribution in [0.3, 0.4) is 0 Å². The van der Waals surface area contributed by atoms with Crippen molar-refractivity contribution >= 4 is 11.4 Å². The Bertz CT molecular complexity index is 394. The molecule has 0 saturated heterocycles. The molecule has 0 spiro atoms. The zero-order valence-corrected chi connectivity index (χ0v) is 10.6. The first-order valence-electron chi connectivity index (χ1n) is 5.71. The van der Waals surface area contributed by atoms with Crippen LogP contribution in [0.15, 0.2) is 12.1 Å². The lowest BCUT2D eigenvalue weighted by atomic mass is 10.2. The van der Waals surface area contributed by atoms with E-state index in [1.807, 2.05) is 0 Å². The fourth-order valence-corrected chi connectivity index (χ4v) is 1.30. The zero-order valence-electron chi connectivity index (χ0n) is 10.6. The summed E-state index contributed by atoms with van der Waals surface area (Å²) >= 11 is 0. The minimum Gasteiger partial charge on any atom is -0.489 e. The third-order valence-electron chi connectivity index (χ3n) is 2.14. The smallest absolute Gasteiger partial charge is 0.168 e. The molecule has 0 bridgehead atoms. The van der Waals surface area contributed by atoms with Gasteiger partial charge in [0.05, 0.1) is 17.9 Å². The molecule has 0 heterocycles. The van der Waals surface area contributed by atoms with Gasteiger partial charge < -0.3 is 31.2 Å². The molecule has 0 amide bonds. The summed E-state index contributed by atoms with van der Waals surface area (Å²) in [5, 5.41) is 18.3. The number of hydrogen-bond donors (Lipinski definition) is 4. The van der Waals surface area contributed by atoms with Crippen LogP contribution in [-0.2, 0) is 0 Å². The summed E-state index contributed by atoms with van der Waals surface area (Å²) in [6, 6.07) is 3.22. The SMILES string of the molecule is CC(O)COc1ccc(N)c(OCC(C)O)c1N. The summed E-state index contributed by atoms with van der Waals surface area (Å²) in [5.74, 6) is 0.685. The highest BCUT2D eigenvalue weighted by atomic mass is 16.5. The Hall–Kier alpha value is -1.66. The van der Waals surface area contributed by atoms with Gasteiger partial charge in [0.2, 0.25) is 0 Å². The van der Waals surface area contributed by atoms with Gasteiger partial charge in [0, 0.05) is 0 Å². The van der Waals surface area contributed by atoms with E-state index in [0.717, 1.165) is 0 Å². The number of nitrogens with two attached hydrogens (primary N) is 2. The van der Waals surface area contributed by atoms with Crippen molar-refractivity contribution in [2.75, 3.05) is 24.7 Å². The molecule has 0 aliphatic carbocycles. The highest BCUT2D eigenvalue weighted by molar-refractivity contribution is 5.73. The molecule has 0 aliphatic heterocycles. The lowest BCUT2D eigenvalue weighted by molar-refractivity contribution is 0.120. The second kappa shape index (κ2) is 6.32. The molecular weight excluding hydrogens is 236 g/mol. The van der Waals surface area contributed by atoms with Crippen molar-refractivity contribution < 1.29 is 19.7 Å². The predicted molar refractivity (Wildman–Crippen MR) is 69.6 cm³/mol. The Balaban J connectivity index is 2.85. The molecule has 1 aromatic rings. The molecule has 102 valence electrons. The lowest BCUT2D eigenvalue weighted by Crippen LogP contribution is -2.16. The second-order valence-corrected chi connectivity index (χ2v) is 4.22. The van der Waals surface area contributed by atoms with Gasteiger partial charge in [-0.2, -0.15) is 0 Å². The van der Waals surface area contributed by atoms with Crippen LogP contribution in [0.1, 0.15) is 13.8 Å². The highest BCUT2D eigenvalue weighted by Gasteiger charge is 2.13. The molecule has 0 saturated carbocycles. The third kappa shape index (κ3) is 3.97. The Labute approximate surface area is 106 Å². The molecule has 0 aliphatic rings. The van der Waals surface area contributed by atoms with E-state index in [9.17, 15) is 0 Å². The van der Waals surface area contributed by atoms with E-state index in [2.05, 4.69) is 0 Å². The fraction of sp³-hybridized carbons (Fsp3) is 0.500. The standard InChI is InChI=1S/C12H20N2O4/c1-7(15)5-17-10-4-3-9(13)12(11(10)14)18-6-8(2)16/h3-4,7-8,15-16H,5-6,13-14H2,1-2H3. The summed E-state index contributed by atoms with van der Waals surface area (Å²) in [6.07, 6.45) is -1.21. The topological polar surface area (TPSA) is 111 Å². The van der Waals surface area contributed by atoms with Gasteiger partial charge in [-0.15, -0.1) is 0 Å². The van der Waals surface area contributed by atoms with Gasteiger partial charge in [0.1, 0.15) is 24.7 Å². The highest BCUT2D eigenvalue weighted by Crippen LogP contribution is 2.37. The minimum atomic E-state index is -0.620. The molecule has 0 radical (unpaired) electrons. The van der Waals surface area contributed by atoms with Crippen molar-refractivity contribution in [1.82, 2.24) is 0 Å². The van der Waals surface area contributed by atoms with E-state index in [1.54, 1.807) is 26.0 Å². The summed E-state index contributed by atoms with van der Waals surface area (Å²) in [4.78, 5) is 0. The van der Waals surface area contributed by atoms with Crippen LogP contribution >= 0.6 is 0 Å². The van der Waals surface area contributed by atoms with Gasteiger partial charge >= 0.3 is 0 Å². The Morgan fingerprint density at radius 3 is 2.17 bits per heavy atom. The maximum Gasteiger partial charge on any atom is 0.168 e. The Morgan fingerprint density at radius 2 is 1.61 bits per heavy atom. The monoisotopic (exact) mass is 256 g/mol. The number of ether oxygens (including phenoxy) is 2. The number of anilines is 2. The van der Waals surface area contributed by atoms with Crippen LogP contribution in [-0.4, -0.2) is 35.6 Å². The molecule has 1 aromatic carbocycles. The summed E-state index contributed by atoms with van der Waals surface area (Å²) in [5.41, 5.74) is 12.2. The molecule has 6 heteroatoms. The van der Waals surface area contributed by atoms with Gasteiger partial charge in [-0.05, 0) is 26.0 Å². The van der Waals surface area contributed by atoms with E-state index in [4.69, 9.17) is 31.2 Å². The second-order valence-electron chi connectivity index (χ2n) is 4.22. The van der Waals surface area contributed by atoms with Gasteiger partial charge in [0.15, 0.2) is 5.75 Å². The summed E-state index contributed by atoms with van der Waals surface area (Å²) < 4.78 is 10.7. The molecular formula is C12H20N2O4. The van der Waals surface area contributed by atoms with Crippen molar-refractivity contribution in [3.8, 4) is 11.5 Å². The molecule has 0 fully saturated rings. The van der Waals surface area contributed by atoms with Crippen LogP contribution in [0, 0.1) is 0 Å². The van der Waals surface area contributed by atoms with Gasteiger partial charge in [-0.25, -0.2) is 0 Å². The van der Waals surface area contributed by atoms with Gasteiger partial charge in [-0.1, -0.05) is 0 Å². The number of rotatable bonds is 6. The van der Waals surface area contributed by atoms with E-state index < -0.39 is 12.2 Å². The summed E-state index contributed by atoms with van der Waals surface area (Å²) in [6.45, 7) is 3.43. The number of nitrogen functional groups attached to an aromatic ring is 2. The maximum atomic E-state index is 9.17. The normalized spacial score (nSPS) is 14.0. The van der Waals surface area contributed by atoms with Crippen molar-refractivity contribution in [2.45, 2.75) is 26.1 Å². The van der Waals surface area contributed by atoms with E-state index in [-0.39, 0.29) is 18.9 Å². The van der Waals surface area contributed by atoms with E-state index >= 15 is 0 Å². The summed E-state index contributed by atoms with van der Waals surface area (Å²) in [7, 11) is 0. The molecule has 0 aromatic heterocycles. The van der Waals surface area contributed by atoms with Crippen LogP contribution in [0.4, 0.5) is 11.4 Å². The van der Waals surface area contributed by atoms with Crippen LogP contribution in [0.5, 0.6) is 11.5 Å². The van der Waals surface area contributed by atoms with Crippen molar-refractivity contribution in [3.05, 3.63) is 12.1 Å². The first kappa shape index (κ1) is 14.4. The average molecular weight is 256 g/mol. The molecule has 2 unspecified atom stereocenters. The average Bonchev–Trinajstić information content (AvgIpc) is 2.27. The number of benzene rings is 1. The molecule has 1 rings (SSSR count). The minimum absolute atomic E-state index is 0.0915. The molecule has 18 heavy (non-hydrogen) atoms. The van der Waals surface area contributed by atoms with Crippen molar-refractivity contribution in [3.63, 3.8) is 0 Å². The van der Waals surface area contributed by atoms with Crippen LogP contribution in [0.25, 0.3) is 0 Å². The first-order chi connectivity index (χ1) is 8.41. The maximum absolute atomic E-state index is 9.17. The van der Waals surface area contributed by atoms with Gasteiger partial charge in [0.25, 0.3) is 0 Å². The molecule has 6 N–H and O–H groups in total. The number of aliphatic hydroxyl groups is 2.